The first-order chi connectivity index (χ1) is 8.87. The van der Waals surface area contributed by atoms with Crippen LogP contribution in [0.5, 0.6) is 0 Å². The lowest BCUT2D eigenvalue weighted by atomic mass is 9.78. The van der Waals surface area contributed by atoms with Gasteiger partial charge in [0.1, 0.15) is 0 Å². The quantitative estimate of drug-likeness (QED) is 0.772. The molecule has 0 aliphatic heterocycles. The number of nitrogens with one attached hydrogen (secondary N) is 1. The minimum absolute atomic E-state index is 0.153. The van der Waals surface area contributed by atoms with Crippen LogP contribution in [0.1, 0.15) is 46.5 Å². The van der Waals surface area contributed by atoms with Crippen molar-refractivity contribution < 1.29 is 19.4 Å². The Bertz CT molecular complexity index is 327. The molecule has 2 N–H and O–H groups in total. The lowest BCUT2D eigenvalue weighted by Gasteiger charge is -2.30. The van der Waals surface area contributed by atoms with Crippen molar-refractivity contribution in [1.29, 1.82) is 0 Å². The molecule has 0 aromatic carbocycles. The van der Waals surface area contributed by atoms with Gasteiger partial charge in [0.25, 0.3) is 0 Å². The fraction of sp³-hybridized carbons (Fsp3) is 0.857. The first kappa shape index (κ1) is 16.0. The summed E-state index contributed by atoms with van der Waals surface area (Å²) < 4.78 is 5.51. The molecular weight excluding hydrogens is 246 g/mol. The van der Waals surface area contributed by atoms with Crippen LogP contribution in [0.3, 0.4) is 0 Å². The number of aliphatic carboxylic acids is 1. The zero-order valence-electron chi connectivity index (χ0n) is 12.1. The lowest BCUT2D eigenvalue weighted by molar-refractivity contribution is -0.149. The van der Waals surface area contributed by atoms with Gasteiger partial charge in [0, 0.05) is 13.2 Å². The van der Waals surface area contributed by atoms with E-state index in [2.05, 4.69) is 5.32 Å². The average Bonchev–Trinajstić information content (AvgIpc) is 2.36. The van der Waals surface area contributed by atoms with E-state index < -0.39 is 23.4 Å². The van der Waals surface area contributed by atoms with Crippen LogP contribution in [0.4, 0.5) is 0 Å². The van der Waals surface area contributed by atoms with Gasteiger partial charge in [-0.1, -0.05) is 12.8 Å². The van der Waals surface area contributed by atoms with Gasteiger partial charge in [-0.2, -0.15) is 0 Å². The normalized spacial score (nSPS) is 23.9. The summed E-state index contributed by atoms with van der Waals surface area (Å²) in [6.45, 7) is 6.72. The highest BCUT2D eigenvalue weighted by atomic mass is 16.5. The van der Waals surface area contributed by atoms with Crippen LogP contribution in [0.2, 0.25) is 0 Å². The third-order valence-electron chi connectivity index (χ3n) is 3.64. The molecule has 0 aromatic heterocycles. The number of rotatable bonds is 6. The molecule has 0 bridgehead atoms. The number of carboxylic acids is 1. The highest BCUT2D eigenvalue weighted by Gasteiger charge is 2.36. The molecule has 5 nitrogen and oxygen atoms in total. The monoisotopic (exact) mass is 271 g/mol. The molecule has 0 saturated heterocycles. The van der Waals surface area contributed by atoms with E-state index >= 15 is 0 Å². The number of amides is 1. The molecule has 1 aliphatic carbocycles. The van der Waals surface area contributed by atoms with E-state index in [1.54, 1.807) is 0 Å². The Morgan fingerprint density at radius 1 is 1.26 bits per heavy atom. The van der Waals surface area contributed by atoms with Crippen LogP contribution in [-0.4, -0.2) is 35.7 Å². The molecule has 0 aromatic rings. The molecule has 2 unspecified atom stereocenters. The Balaban J connectivity index is 2.54. The van der Waals surface area contributed by atoms with Crippen LogP contribution in [0, 0.1) is 11.8 Å². The summed E-state index contributed by atoms with van der Waals surface area (Å²) in [5.41, 5.74) is -0.419. The van der Waals surface area contributed by atoms with Crippen molar-refractivity contribution in [3.05, 3.63) is 0 Å². The summed E-state index contributed by atoms with van der Waals surface area (Å²) in [4.78, 5) is 23.3. The van der Waals surface area contributed by atoms with Crippen molar-refractivity contribution in [3.8, 4) is 0 Å². The number of hydrogen-bond acceptors (Lipinski definition) is 3. The number of carbonyl (C=O) groups is 2. The van der Waals surface area contributed by atoms with Crippen molar-refractivity contribution in [2.45, 2.75) is 52.1 Å². The van der Waals surface area contributed by atoms with Crippen LogP contribution >= 0.6 is 0 Å². The molecule has 0 heterocycles. The first-order valence-electron chi connectivity index (χ1n) is 7.02. The van der Waals surface area contributed by atoms with E-state index in [1.807, 2.05) is 20.8 Å². The van der Waals surface area contributed by atoms with Gasteiger partial charge < -0.3 is 15.2 Å². The van der Waals surface area contributed by atoms with Gasteiger partial charge in [-0.15, -0.1) is 0 Å². The molecule has 1 fully saturated rings. The summed E-state index contributed by atoms with van der Waals surface area (Å²) in [5.74, 6) is -1.95. The number of ether oxygens (including phenoxy) is 1. The van der Waals surface area contributed by atoms with Crippen molar-refractivity contribution in [2.24, 2.45) is 11.8 Å². The Kier molecular flexibility index (Phi) is 5.79. The molecular formula is C14H25NO4. The van der Waals surface area contributed by atoms with Crippen LogP contribution < -0.4 is 5.32 Å². The summed E-state index contributed by atoms with van der Waals surface area (Å²) in [5, 5.41) is 12.0. The number of carbonyl (C=O) groups excluding carboxylic acids is 1. The predicted molar refractivity (Wildman–Crippen MR) is 71.8 cm³/mol. The zero-order valence-corrected chi connectivity index (χ0v) is 12.1. The van der Waals surface area contributed by atoms with Gasteiger partial charge >= 0.3 is 5.97 Å². The maximum absolute atomic E-state index is 12.1. The maximum Gasteiger partial charge on any atom is 0.307 e. The van der Waals surface area contributed by atoms with Crippen LogP contribution in [0.25, 0.3) is 0 Å². The molecule has 5 heteroatoms. The summed E-state index contributed by atoms with van der Waals surface area (Å²) in [6.07, 6.45) is 3.09. The molecule has 19 heavy (non-hydrogen) atoms. The minimum atomic E-state index is -0.857. The van der Waals surface area contributed by atoms with Crippen molar-refractivity contribution >= 4 is 11.9 Å². The Morgan fingerprint density at radius 3 is 2.37 bits per heavy atom. The fourth-order valence-electron chi connectivity index (χ4n) is 2.61. The molecule has 2 atom stereocenters. The third kappa shape index (κ3) is 4.82. The molecule has 1 saturated carbocycles. The fourth-order valence-corrected chi connectivity index (χ4v) is 2.61. The number of hydrogen-bond donors (Lipinski definition) is 2. The van der Waals surface area contributed by atoms with Gasteiger partial charge in [0.2, 0.25) is 5.91 Å². The zero-order chi connectivity index (χ0) is 14.5. The van der Waals surface area contributed by atoms with E-state index in [9.17, 15) is 9.59 Å². The molecule has 1 aliphatic rings. The highest BCUT2D eigenvalue weighted by molar-refractivity contribution is 5.84. The molecule has 0 spiro atoms. The molecule has 0 radical (unpaired) electrons. The first-order valence-corrected chi connectivity index (χ1v) is 7.02. The topological polar surface area (TPSA) is 75.6 Å². The highest BCUT2D eigenvalue weighted by Crippen LogP contribution is 2.30. The van der Waals surface area contributed by atoms with E-state index in [1.165, 1.54) is 0 Å². The summed E-state index contributed by atoms with van der Waals surface area (Å²) in [7, 11) is 0. The maximum atomic E-state index is 12.1. The van der Waals surface area contributed by atoms with E-state index in [4.69, 9.17) is 9.84 Å². The number of carboxylic acid groups (broad SMARTS) is 1. The second kappa shape index (κ2) is 6.89. The third-order valence-corrected chi connectivity index (χ3v) is 3.64. The lowest BCUT2D eigenvalue weighted by Crippen LogP contribution is -2.45. The molecule has 110 valence electrons. The largest absolute Gasteiger partial charge is 0.481 e. The molecule has 1 amide bonds. The second-order valence-electron chi connectivity index (χ2n) is 5.75. The van der Waals surface area contributed by atoms with Gasteiger partial charge in [-0.3, -0.25) is 9.59 Å². The summed E-state index contributed by atoms with van der Waals surface area (Å²) in [6, 6.07) is 0. The van der Waals surface area contributed by atoms with Crippen molar-refractivity contribution in [2.75, 3.05) is 13.2 Å². The van der Waals surface area contributed by atoms with Gasteiger partial charge in [-0.25, -0.2) is 0 Å². The standard InChI is InChI=1S/C14H25NO4/c1-4-19-14(2,3)9-15-12(16)10-7-5-6-8-11(10)13(17)18/h10-11H,4-9H2,1-3H3,(H,15,16)(H,17,18). The Hall–Kier alpha value is -1.10. The molecule has 1 rings (SSSR count). The van der Waals surface area contributed by atoms with E-state index in [0.717, 1.165) is 12.8 Å². The van der Waals surface area contributed by atoms with E-state index in [-0.39, 0.29) is 5.91 Å². The van der Waals surface area contributed by atoms with Gasteiger partial charge in [-0.05, 0) is 33.6 Å². The van der Waals surface area contributed by atoms with Crippen LogP contribution in [-0.2, 0) is 14.3 Å². The average molecular weight is 271 g/mol. The van der Waals surface area contributed by atoms with Crippen LogP contribution in [0.15, 0.2) is 0 Å². The van der Waals surface area contributed by atoms with Gasteiger partial charge in [0.15, 0.2) is 0 Å². The predicted octanol–water partition coefficient (Wildman–Crippen LogP) is 1.81. The SMILES string of the molecule is CCOC(C)(C)CNC(=O)C1CCCCC1C(=O)O. The minimum Gasteiger partial charge on any atom is -0.481 e. The smallest absolute Gasteiger partial charge is 0.307 e. The van der Waals surface area contributed by atoms with Gasteiger partial charge in [0.05, 0.1) is 17.4 Å². The second-order valence-corrected chi connectivity index (χ2v) is 5.75. The van der Waals surface area contributed by atoms with Crippen molar-refractivity contribution in [3.63, 3.8) is 0 Å². The Morgan fingerprint density at radius 2 is 1.84 bits per heavy atom. The Labute approximate surface area is 114 Å². The van der Waals surface area contributed by atoms with Crippen molar-refractivity contribution in [1.82, 2.24) is 5.32 Å². The van der Waals surface area contributed by atoms with E-state index in [0.29, 0.717) is 26.0 Å². The summed E-state index contributed by atoms with van der Waals surface area (Å²) >= 11 is 0.